The molecule has 0 fully saturated rings. The lowest BCUT2D eigenvalue weighted by Gasteiger charge is -2.27. The van der Waals surface area contributed by atoms with E-state index >= 15 is 0 Å². The summed E-state index contributed by atoms with van der Waals surface area (Å²) in [4.78, 5) is 26.8. The van der Waals surface area contributed by atoms with Gasteiger partial charge in [-0.2, -0.15) is 0 Å². The van der Waals surface area contributed by atoms with Crippen molar-refractivity contribution in [3.8, 4) is 15.5 Å². The van der Waals surface area contributed by atoms with Crippen LogP contribution in [-0.4, -0.2) is 23.2 Å². The number of thiophene rings is 1. The number of halogens is 2. The lowest BCUT2D eigenvalue weighted by atomic mass is 10.1. The minimum Gasteiger partial charge on any atom is -0.449 e. The predicted molar refractivity (Wildman–Crippen MR) is 117 cm³/mol. The van der Waals surface area contributed by atoms with Crippen molar-refractivity contribution in [1.82, 2.24) is 0 Å². The molecule has 5 nitrogen and oxygen atoms in total. The Morgan fingerprint density at radius 3 is 2.34 bits per heavy atom. The van der Waals surface area contributed by atoms with Crippen LogP contribution in [0.2, 0.25) is 10.0 Å². The van der Waals surface area contributed by atoms with E-state index in [0.29, 0.717) is 10.7 Å². The number of carbonyl (C=O) groups excluding carboxylic acids is 1. The number of ether oxygens (including phenoxy) is 1. The maximum Gasteiger partial charge on any atom is 0.512 e. The molecule has 0 aliphatic rings. The number of amides is 1. The zero-order valence-electron chi connectivity index (χ0n) is 15.6. The van der Waals surface area contributed by atoms with Crippen LogP contribution in [0, 0.1) is 0 Å². The summed E-state index contributed by atoms with van der Waals surface area (Å²) in [5.74, 6) is -0.380. The monoisotopic (exact) mass is 449 g/mol. The molecule has 8 heteroatoms. The molecule has 0 bridgehead atoms. The lowest BCUT2D eigenvalue weighted by molar-refractivity contribution is 0.0978. The fourth-order valence-electron chi connectivity index (χ4n) is 2.84. The largest absolute Gasteiger partial charge is 0.512 e. The second-order valence-electron chi connectivity index (χ2n) is 6.41. The number of hydrogen-bond donors (Lipinski definition) is 1. The van der Waals surface area contributed by atoms with E-state index in [1.54, 1.807) is 18.2 Å². The molecule has 1 N–H and O–H groups in total. The third-order valence-corrected chi connectivity index (χ3v) is 5.67. The van der Waals surface area contributed by atoms with Gasteiger partial charge in [-0.15, -0.1) is 0 Å². The SMILES string of the molecule is CC(C)N(C(=O)c1ccc(Cl)cc1Cl)c1cc(-c2ccccc2)sc1OC(=O)O. The van der Waals surface area contributed by atoms with Gasteiger partial charge in [-0.1, -0.05) is 64.9 Å². The Balaban J connectivity index is 2.11. The second-order valence-corrected chi connectivity index (χ2v) is 8.27. The van der Waals surface area contributed by atoms with Gasteiger partial charge in [0, 0.05) is 15.9 Å². The van der Waals surface area contributed by atoms with Crippen molar-refractivity contribution in [1.29, 1.82) is 0 Å². The fourth-order valence-corrected chi connectivity index (χ4v) is 4.33. The van der Waals surface area contributed by atoms with Gasteiger partial charge in [0.25, 0.3) is 5.91 Å². The van der Waals surface area contributed by atoms with Crippen LogP contribution in [0.5, 0.6) is 5.06 Å². The molecule has 0 aliphatic carbocycles. The van der Waals surface area contributed by atoms with Crippen LogP contribution >= 0.6 is 34.5 Å². The first-order valence-electron chi connectivity index (χ1n) is 8.66. The fraction of sp³-hybridized carbons (Fsp3) is 0.143. The molecule has 0 radical (unpaired) electrons. The van der Waals surface area contributed by atoms with E-state index < -0.39 is 6.16 Å². The van der Waals surface area contributed by atoms with Gasteiger partial charge < -0.3 is 14.7 Å². The Morgan fingerprint density at radius 2 is 1.76 bits per heavy atom. The van der Waals surface area contributed by atoms with Crippen molar-refractivity contribution in [2.45, 2.75) is 19.9 Å². The summed E-state index contributed by atoms with van der Waals surface area (Å²) >= 11 is 13.3. The first kappa shape index (κ1) is 21.2. The van der Waals surface area contributed by atoms with E-state index in [9.17, 15) is 9.59 Å². The van der Waals surface area contributed by atoms with Crippen LogP contribution in [0.3, 0.4) is 0 Å². The minimum absolute atomic E-state index is 0.114. The highest BCUT2D eigenvalue weighted by molar-refractivity contribution is 7.18. The first-order valence-corrected chi connectivity index (χ1v) is 10.2. The van der Waals surface area contributed by atoms with Gasteiger partial charge in [0.2, 0.25) is 5.06 Å². The summed E-state index contributed by atoms with van der Waals surface area (Å²) in [6.45, 7) is 3.65. The molecule has 0 saturated heterocycles. The van der Waals surface area contributed by atoms with Gasteiger partial charge in [-0.3, -0.25) is 4.79 Å². The zero-order valence-corrected chi connectivity index (χ0v) is 17.9. The average Bonchev–Trinajstić information content (AvgIpc) is 3.05. The summed E-state index contributed by atoms with van der Waals surface area (Å²) < 4.78 is 5.00. The predicted octanol–water partition coefficient (Wildman–Crippen LogP) is 6.83. The number of carboxylic acid groups (broad SMARTS) is 1. The van der Waals surface area contributed by atoms with E-state index in [1.807, 2.05) is 44.2 Å². The molecular weight excluding hydrogens is 433 g/mol. The molecule has 0 atom stereocenters. The normalized spacial score (nSPS) is 10.8. The van der Waals surface area contributed by atoms with Crippen molar-refractivity contribution in [3.63, 3.8) is 0 Å². The Labute approximate surface area is 182 Å². The Bertz CT molecular complexity index is 1050. The van der Waals surface area contributed by atoms with Crippen LogP contribution in [-0.2, 0) is 0 Å². The van der Waals surface area contributed by atoms with Gasteiger partial charge in [-0.05, 0) is 43.7 Å². The summed E-state index contributed by atoms with van der Waals surface area (Å²) in [6.07, 6.45) is -1.45. The topological polar surface area (TPSA) is 66.8 Å². The third-order valence-electron chi connectivity index (χ3n) is 4.07. The van der Waals surface area contributed by atoms with E-state index in [1.165, 1.54) is 11.0 Å². The van der Waals surface area contributed by atoms with Crippen molar-refractivity contribution < 1.29 is 19.4 Å². The lowest BCUT2D eigenvalue weighted by Crippen LogP contribution is -2.37. The molecular formula is C21H17Cl2NO4S. The highest BCUT2D eigenvalue weighted by atomic mass is 35.5. The third kappa shape index (κ3) is 4.72. The van der Waals surface area contributed by atoms with Gasteiger partial charge in [0.1, 0.15) is 0 Å². The quantitative estimate of drug-likeness (QED) is 0.433. The Hall–Kier alpha value is -2.54. The average molecular weight is 450 g/mol. The first-order chi connectivity index (χ1) is 13.8. The molecule has 3 rings (SSSR count). The van der Waals surface area contributed by atoms with Gasteiger partial charge in [-0.25, -0.2) is 4.79 Å². The van der Waals surface area contributed by atoms with E-state index in [0.717, 1.165) is 21.8 Å². The van der Waals surface area contributed by atoms with E-state index in [-0.39, 0.29) is 27.6 Å². The van der Waals surface area contributed by atoms with Crippen molar-refractivity contribution in [2.75, 3.05) is 4.90 Å². The second kappa shape index (κ2) is 8.86. The summed E-state index contributed by atoms with van der Waals surface area (Å²) in [6, 6.07) is 15.5. The summed E-state index contributed by atoms with van der Waals surface area (Å²) in [7, 11) is 0. The molecule has 1 aromatic heterocycles. The van der Waals surface area contributed by atoms with Gasteiger partial charge in [0.05, 0.1) is 16.3 Å². The zero-order chi connectivity index (χ0) is 21.1. The van der Waals surface area contributed by atoms with Gasteiger partial charge in [0.15, 0.2) is 0 Å². The number of anilines is 1. The van der Waals surface area contributed by atoms with Crippen molar-refractivity contribution >= 4 is 52.3 Å². The summed E-state index contributed by atoms with van der Waals surface area (Å²) in [5, 5.41) is 9.91. The Kier molecular flexibility index (Phi) is 6.47. The standard InChI is InChI=1S/C21H17Cl2NO4S/c1-12(2)24(19(25)15-9-8-14(22)10-16(15)23)17-11-18(13-6-4-3-5-7-13)29-20(17)28-21(26)27/h3-12H,1-2H3,(H,26,27). The maximum absolute atomic E-state index is 13.3. The molecule has 1 heterocycles. The molecule has 0 unspecified atom stereocenters. The molecule has 3 aromatic rings. The maximum atomic E-state index is 13.3. The van der Waals surface area contributed by atoms with E-state index in [2.05, 4.69) is 0 Å². The van der Waals surface area contributed by atoms with Crippen LogP contribution in [0.1, 0.15) is 24.2 Å². The number of benzene rings is 2. The molecule has 29 heavy (non-hydrogen) atoms. The number of nitrogens with zero attached hydrogens (tertiary/aromatic N) is 1. The highest BCUT2D eigenvalue weighted by Crippen LogP contribution is 2.44. The van der Waals surface area contributed by atoms with Crippen molar-refractivity contribution in [3.05, 3.63) is 70.2 Å². The van der Waals surface area contributed by atoms with Crippen LogP contribution in [0.25, 0.3) is 10.4 Å². The number of hydrogen-bond acceptors (Lipinski definition) is 4. The molecule has 0 saturated carbocycles. The van der Waals surface area contributed by atoms with Crippen LogP contribution < -0.4 is 9.64 Å². The molecule has 0 spiro atoms. The molecule has 1 amide bonds. The smallest absolute Gasteiger partial charge is 0.449 e. The highest BCUT2D eigenvalue weighted by Gasteiger charge is 2.28. The number of rotatable bonds is 5. The van der Waals surface area contributed by atoms with Crippen LogP contribution in [0.4, 0.5) is 10.5 Å². The minimum atomic E-state index is -1.45. The van der Waals surface area contributed by atoms with E-state index in [4.69, 9.17) is 33.0 Å². The molecule has 0 aliphatic heterocycles. The Morgan fingerprint density at radius 1 is 1.07 bits per heavy atom. The molecule has 150 valence electrons. The molecule has 2 aromatic carbocycles. The van der Waals surface area contributed by atoms with Crippen LogP contribution in [0.15, 0.2) is 54.6 Å². The van der Waals surface area contributed by atoms with Gasteiger partial charge >= 0.3 is 6.16 Å². The summed E-state index contributed by atoms with van der Waals surface area (Å²) in [5.41, 5.74) is 1.51. The van der Waals surface area contributed by atoms with Crippen molar-refractivity contribution in [2.24, 2.45) is 0 Å². The number of carbonyl (C=O) groups is 2.